The molecule has 0 saturated heterocycles. The third kappa shape index (κ3) is 3.19. The van der Waals surface area contributed by atoms with Gasteiger partial charge >= 0.3 is 0 Å². The molecule has 1 rings (SSSR count). The minimum absolute atomic E-state index is 0.111. The zero-order valence-electron chi connectivity index (χ0n) is 10.4. The number of carbonyl (C=O) groups excluding carboxylic acids is 2. The van der Waals surface area contributed by atoms with Crippen molar-refractivity contribution >= 4 is 17.5 Å². The topological polar surface area (TPSA) is 75.4 Å². The fourth-order valence-corrected chi connectivity index (χ4v) is 1.46. The Hall–Kier alpha value is -2.11. The molecule has 3 N–H and O–H groups in total. The number of hydrogen-bond donors (Lipinski definition) is 2. The molecule has 6 heteroatoms. The lowest BCUT2D eigenvalue weighted by molar-refractivity contribution is -0.121. The van der Waals surface area contributed by atoms with Gasteiger partial charge in [-0.3, -0.25) is 9.59 Å². The summed E-state index contributed by atoms with van der Waals surface area (Å²) in [6.45, 7) is 1.91. The molecule has 0 saturated carbocycles. The maximum Gasteiger partial charge on any atom is 0.257 e. The molecule has 0 unspecified atom stereocenters. The van der Waals surface area contributed by atoms with Crippen LogP contribution in [-0.4, -0.2) is 36.9 Å². The van der Waals surface area contributed by atoms with Crippen LogP contribution in [0.2, 0.25) is 0 Å². The van der Waals surface area contributed by atoms with Crippen LogP contribution < -0.4 is 11.1 Å². The van der Waals surface area contributed by atoms with E-state index in [9.17, 15) is 14.0 Å². The molecule has 0 spiro atoms. The van der Waals surface area contributed by atoms with Crippen molar-refractivity contribution < 1.29 is 14.0 Å². The lowest BCUT2D eigenvalue weighted by Crippen LogP contribution is -2.39. The SMILES string of the molecule is CCN(CC(=O)NC)C(=O)c1cc(N)ccc1F. The summed E-state index contributed by atoms with van der Waals surface area (Å²) in [6, 6.07) is 3.78. The van der Waals surface area contributed by atoms with Crippen LogP contribution in [0, 0.1) is 5.82 Å². The summed E-state index contributed by atoms with van der Waals surface area (Å²) in [5.74, 6) is -1.51. The number of likely N-dealkylation sites (N-methyl/N-ethyl adjacent to an activating group) is 2. The first-order valence-corrected chi connectivity index (χ1v) is 5.54. The molecule has 0 aliphatic rings. The highest BCUT2D eigenvalue weighted by Crippen LogP contribution is 2.14. The van der Waals surface area contributed by atoms with Gasteiger partial charge < -0.3 is 16.0 Å². The van der Waals surface area contributed by atoms with Crippen LogP contribution in [-0.2, 0) is 4.79 Å². The number of anilines is 1. The van der Waals surface area contributed by atoms with Crippen molar-refractivity contribution in [3.05, 3.63) is 29.6 Å². The number of amides is 2. The molecule has 0 aliphatic carbocycles. The number of rotatable bonds is 4. The maximum atomic E-state index is 13.5. The number of carbonyl (C=O) groups is 2. The monoisotopic (exact) mass is 253 g/mol. The van der Waals surface area contributed by atoms with Crippen molar-refractivity contribution in [3.8, 4) is 0 Å². The second-order valence-corrected chi connectivity index (χ2v) is 3.73. The van der Waals surface area contributed by atoms with Crippen LogP contribution in [0.15, 0.2) is 18.2 Å². The Kier molecular flexibility index (Phi) is 4.65. The number of nitrogens with zero attached hydrogens (tertiary/aromatic N) is 1. The Morgan fingerprint density at radius 2 is 2.11 bits per heavy atom. The van der Waals surface area contributed by atoms with E-state index >= 15 is 0 Å². The number of nitrogens with two attached hydrogens (primary N) is 1. The van der Waals surface area contributed by atoms with Crippen LogP contribution in [0.25, 0.3) is 0 Å². The van der Waals surface area contributed by atoms with Gasteiger partial charge in [0.25, 0.3) is 5.91 Å². The Morgan fingerprint density at radius 1 is 1.44 bits per heavy atom. The summed E-state index contributed by atoms with van der Waals surface area (Å²) in [5.41, 5.74) is 5.69. The Balaban J connectivity index is 2.96. The normalized spacial score (nSPS) is 9.94. The summed E-state index contributed by atoms with van der Waals surface area (Å²) >= 11 is 0. The van der Waals surface area contributed by atoms with E-state index in [4.69, 9.17) is 5.73 Å². The molecule has 0 aromatic heterocycles. The first-order valence-electron chi connectivity index (χ1n) is 5.54. The highest BCUT2D eigenvalue weighted by atomic mass is 19.1. The first-order chi connectivity index (χ1) is 8.49. The highest BCUT2D eigenvalue weighted by molar-refractivity contribution is 5.97. The van der Waals surface area contributed by atoms with Gasteiger partial charge in [0.2, 0.25) is 5.91 Å². The van der Waals surface area contributed by atoms with Gasteiger partial charge in [0, 0.05) is 19.3 Å². The van der Waals surface area contributed by atoms with E-state index in [1.54, 1.807) is 6.92 Å². The van der Waals surface area contributed by atoms with Gasteiger partial charge in [-0.05, 0) is 25.1 Å². The van der Waals surface area contributed by atoms with E-state index in [1.807, 2.05) is 0 Å². The summed E-state index contributed by atoms with van der Waals surface area (Å²) in [7, 11) is 1.47. The molecule has 0 aliphatic heterocycles. The average Bonchev–Trinajstić information content (AvgIpc) is 2.37. The van der Waals surface area contributed by atoms with Crippen molar-refractivity contribution in [2.75, 3.05) is 25.9 Å². The van der Waals surface area contributed by atoms with E-state index in [1.165, 1.54) is 24.1 Å². The molecule has 2 amide bonds. The van der Waals surface area contributed by atoms with Gasteiger partial charge in [0.15, 0.2) is 0 Å². The van der Waals surface area contributed by atoms with E-state index in [0.717, 1.165) is 6.07 Å². The smallest absolute Gasteiger partial charge is 0.257 e. The molecule has 0 fully saturated rings. The molecular weight excluding hydrogens is 237 g/mol. The predicted molar refractivity (Wildman–Crippen MR) is 66.5 cm³/mol. The molecule has 0 heterocycles. The Labute approximate surface area is 105 Å². The van der Waals surface area contributed by atoms with E-state index in [-0.39, 0.29) is 18.0 Å². The molecule has 18 heavy (non-hydrogen) atoms. The maximum absolute atomic E-state index is 13.5. The molecule has 0 bridgehead atoms. The summed E-state index contributed by atoms with van der Waals surface area (Å²) < 4.78 is 13.5. The van der Waals surface area contributed by atoms with Crippen molar-refractivity contribution in [2.45, 2.75) is 6.92 Å². The number of nitrogens with one attached hydrogen (secondary N) is 1. The zero-order valence-corrected chi connectivity index (χ0v) is 10.4. The van der Waals surface area contributed by atoms with Gasteiger partial charge in [0.1, 0.15) is 5.82 Å². The number of benzene rings is 1. The van der Waals surface area contributed by atoms with Crippen LogP contribution in [0.4, 0.5) is 10.1 Å². The number of halogens is 1. The van der Waals surface area contributed by atoms with Gasteiger partial charge in [-0.1, -0.05) is 0 Å². The average molecular weight is 253 g/mol. The van der Waals surface area contributed by atoms with Gasteiger partial charge in [-0.25, -0.2) is 4.39 Å². The minimum atomic E-state index is -0.649. The van der Waals surface area contributed by atoms with Gasteiger partial charge in [-0.15, -0.1) is 0 Å². The molecule has 1 aromatic carbocycles. The van der Waals surface area contributed by atoms with Gasteiger partial charge in [0.05, 0.1) is 12.1 Å². The minimum Gasteiger partial charge on any atom is -0.399 e. The summed E-state index contributed by atoms with van der Waals surface area (Å²) in [5, 5.41) is 2.41. The number of nitrogen functional groups attached to an aromatic ring is 1. The predicted octanol–water partition coefficient (Wildman–Crippen LogP) is 0.616. The Bertz CT molecular complexity index is 463. The fourth-order valence-electron chi connectivity index (χ4n) is 1.46. The van der Waals surface area contributed by atoms with Crippen molar-refractivity contribution in [3.63, 3.8) is 0 Å². The van der Waals surface area contributed by atoms with E-state index < -0.39 is 11.7 Å². The van der Waals surface area contributed by atoms with Crippen molar-refractivity contribution in [1.29, 1.82) is 0 Å². The molecule has 0 atom stereocenters. The third-order valence-corrected chi connectivity index (χ3v) is 2.50. The zero-order chi connectivity index (χ0) is 13.7. The molecule has 98 valence electrons. The Morgan fingerprint density at radius 3 is 2.67 bits per heavy atom. The standard InChI is InChI=1S/C12H16FN3O2/c1-3-16(7-11(17)15-2)12(18)9-6-8(14)4-5-10(9)13/h4-6H,3,7,14H2,1-2H3,(H,15,17). The molecule has 1 aromatic rings. The first kappa shape index (κ1) is 14.0. The summed E-state index contributed by atoms with van der Waals surface area (Å²) in [6.07, 6.45) is 0. The van der Waals surface area contributed by atoms with Crippen LogP contribution in [0.1, 0.15) is 17.3 Å². The van der Waals surface area contributed by atoms with Crippen molar-refractivity contribution in [1.82, 2.24) is 10.2 Å². The fraction of sp³-hybridized carbons (Fsp3) is 0.333. The molecular formula is C12H16FN3O2. The van der Waals surface area contributed by atoms with Gasteiger partial charge in [-0.2, -0.15) is 0 Å². The molecule has 5 nitrogen and oxygen atoms in total. The summed E-state index contributed by atoms with van der Waals surface area (Å²) in [4.78, 5) is 24.5. The quantitative estimate of drug-likeness (QED) is 0.772. The number of hydrogen-bond acceptors (Lipinski definition) is 3. The van der Waals surface area contributed by atoms with Crippen LogP contribution in [0.3, 0.4) is 0 Å². The highest BCUT2D eigenvalue weighted by Gasteiger charge is 2.20. The lowest BCUT2D eigenvalue weighted by atomic mass is 10.1. The largest absolute Gasteiger partial charge is 0.399 e. The second kappa shape index (κ2) is 6.00. The van der Waals surface area contributed by atoms with E-state index in [0.29, 0.717) is 12.2 Å². The molecule has 0 radical (unpaired) electrons. The lowest BCUT2D eigenvalue weighted by Gasteiger charge is -2.20. The van der Waals surface area contributed by atoms with Crippen molar-refractivity contribution in [2.24, 2.45) is 0 Å². The van der Waals surface area contributed by atoms with Crippen LogP contribution in [0.5, 0.6) is 0 Å². The second-order valence-electron chi connectivity index (χ2n) is 3.73. The third-order valence-electron chi connectivity index (χ3n) is 2.50. The van der Waals surface area contributed by atoms with E-state index in [2.05, 4.69) is 5.32 Å². The van der Waals surface area contributed by atoms with Crippen LogP contribution >= 0.6 is 0 Å².